The number of methoxy groups -OCH3 is 1. The van der Waals surface area contributed by atoms with Crippen LogP contribution in [0.1, 0.15) is 10.4 Å². The van der Waals surface area contributed by atoms with Gasteiger partial charge in [0.05, 0.1) is 18.9 Å². The molecule has 2 aromatic heterocycles. The van der Waals surface area contributed by atoms with E-state index in [1.54, 1.807) is 55.0 Å². The zero-order valence-corrected chi connectivity index (χ0v) is 14.4. The van der Waals surface area contributed by atoms with Gasteiger partial charge < -0.3 is 10.1 Å². The summed E-state index contributed by atoms with van der Waals surface area (Å²) in [4.78, 5) is 20.3. The maximum absolute atomic E-state index is 13.3. The molecular formula is C20H15FN4O2. The Balaban J connectivity index is 1.77. The molecule has 0 aliphatic rings. The average molecular weight is 362 g/mol. The van der Waals surface area contributed by atoms with Crippen LogP contribution in [0.15, 0.2) is 67.1 Å². The molecule has 0 unspecified atom stereocenters. The second-order valence-corrected chi connectivity index (χ2v) is 5.81. The van der Waals surface area contributed by atoms with Crippen molar-refractivity contribution in [2.75, 3.05) is 12.4 Å². The first-order valence-corrected chi connectivity index (χ1v) is 8.19. The quantitative estimate of drug-likeness (QED) is 0.554. The smallest absolute Gasteiger partial charge is 0.337 e. The zero-order chi connectivity index (χ0) is 18.8. The maximum Gasteiger partial charge on any atom is 0.337 e. The highest BCUT2D eigenvalue weighted by Gasteiger charge is 2.15. The Bertz CT molecular complexity index is 1110. The van der Waals surface area contributed by atoms with E-state index in [4.69, 9.17) is 4.74 Å². The summed E-state index contributed by atoms with van der Waals surface area (Å²) in [7, 11) is 1.34. The number of fused-ring (bicyclic) bond motifs is 1. The van der Waals surface area contributed by atoms with E-state index in [9.17, 15) is 9.18 Å². The van der Waals surface area contributed by atoms with Gasteiger partial charge in [-0.1, -0.05) is 0 Å². The van der Waals surface area contributed by atoms with Crippen molar-refractivity contribution >= 4 is 23.1 Å². The summed E-state index contributed by atoms with van der Waals surface area (Å²) in [6, 6.07) is 13.1. The number of nitrogens with zero attached hydrogens (tertiary/aromatic N) is 3. The number of halogens is 1. The van der Waals surface area contributed by atoms with Crippen molar-refractivity contribution in [1.82, 2.24) is 14.4 Å². The van der Waals surface area contributed by atoms with E-state index in [0.29, 0.717) is 22.7 Å². The number of carbonyl (C=O) groups is 1. The van der Waals surface area contributed by atoms with Crippen LogP contribution in [0.2, 0.25) is 0 Å². The molecule has 0 amide bonds. The van der Waals surface area contributed by atoms with Crippen LogP contribution in [0.5, 0.6) is 0 Å². The summed E-state index contributed by atoms with van der Waals surface area (Å²) in [5.41, 5.74) is 3.33. The fourth-order valence-corrected chi connectivity index (χ4v) is 2.78. The van der Waals surface area contributed by atoms with Gasteiger partial charge in [-0.05, 0) is 48.5 Å². The van der Waals surface area contributed by atoms with Crippen LogP contribution in [-0.2, 0) is 4.74 Å². The summed E-state index contributed by atoms with van der Waals surface area (Å²) in [6.07, 6.45) is 5.10. The predicted octanol–water partition coefficient (Wildman–Crippen LogP) is 4.07. The molecule has 4 aromatic rings. The van der Waals surface area contributed by atoms with Crippen molar-refractivity contribution in [2.45, 2.75) is 0 Å². The van der Waals surface area contributed by atoms with Crippen molar-refractivity contribution in [3.8, 4) is 11.3 Å². The molecule has 0 radical (unpaired) electrons. The lowest BCUT2D eigenvalue weighted by Gasteiger charge is -2.09. The monoisotopic (exact) mass is 362 g/mol. The lowest BCUT2D eigenvalue weighted by atomic mass is 10.1. The highest BCUT2D eigenvalue weighted by Crippen LogP contribution is 2.31. The van der Waals surface area contributed by atoms with Gasteiger partial charge in [0.2, 0.25) is 0 Å². The van der Waals surface area contributed by atoms with Gasteiger partial charge in [-0.15, -0.1) is 0 Å². The molecule has 0 atom stereocenters. The zero-order valence-electron chi connectivity index (χ0n) is 14.4. The minimum Gasteiger partial charge on any atom is -0.465 e. The Hall–Kier alpha value is -3.74. The Morgan fingerprint density at radius 2 is 1.85 bits per heavy atom. The predicted molar refractivity (Wildman–Crippen MR) is 99.4 cm³/mol. The van der Waals surface area contributed by atoms with Crippen molar-refractivity contribution in [3.63, 3.8) is 0 Å². The number of carbonyl (C=O) groups excluding carboxylic acids is 1. The Morgan fingerprint density at radius 3 is 2.56 bits per heavy atom. The van der Waals surface area contributed by atoms with E-state index in [1.165, 1.54) is 19.2 Å². The van der Waals surface area contributed by atoms with Gasteiger partial charge in [-0.3, -0.25) is 9.38 Å². The Labute approximate surface area is 154 Å². The number of hydrogen-bond acceptors (Lipinski definition) is 5. The van der Waals surface area contributed by atoms with Crippen LogP contribution in [0.4, 0.5) is 15.9 Å². The molecular weight excluding hydrogens is 347 g/mol. The number of hydrogen-bond donors (Lipinski definition) is 1. The molecule has 0 fully saturated rings. The summed E-state index contributed by atoms with van der Waals surface area (Å²) >= 11 is 0. The highest BCUT2D eigenvalue weighted by atomic mass is 19.1. The van der Waals surface area contributed by atoms with E-state index in [-0.39, 0.29) is 5.82 Å². The Morgan fingerprint density at radius 1 is 1.11 bits per heavy atom. The molecule has 0 spiro atoms. The van der Waals surface area contributed by atoms with E-state index >= 15 is 0 Å². The van der Waals surface area contributed by atoms with E-state index < -0.39 is 5.97 Å². The third-order valence-electron chi connectivity index (χ3n) is 4.12. The summed E-state index contributed by atoms with van der Waals surface area (Å²) in [5.74, 6) is 0.0105. The Kier molecular flexibility index (Phi) is 4.25. The van der Waals surface area contributed by atoms with Crippen molar-refractivity contribution in [1.29, 1.82) is 0 Å². The van der Waals surface area contributed by atoms with Gasteiger partial charge in [0, 0.05) is 23.6 Å². The molecule has 0 aliphatic carbocycles. The molecule has 1 N–H and O–H groups in total. The largest absolute Gasteiger partial charge is 0.465 e. The van der Waals surface area contributed by atoms with E-state index in [0.717, 1.165) is 11.3 Å². The summed E-state index contributed by atoms with van der Waals surface area (Å²) in [5, 5.41) is 3.32. The van der Waals surface area contributed by atoms with Crippen molar-refractivity contribution < 1.29 is 13.9 Å². The van der Waals surface area contributed by atoms with Crippen LogP contribution >= 0.6 is 0 Å². The maximum atomic E-state index is 13.3. The number of rotatable bonds is 4. The third kappa shape index (κ3) is 3.22. The molecule has 2 aromatic carbocycles. The van der Waals surface area contributed by atoms with Gasteiger partial charge >= 0.3 is 5.97 Å². The summed E-state index contributed by atoms with van der Waals surface area (Å²) < 4.78 is 19.9. The number of aromatic nitrogens is 3. The molecule has 27 heavy (non-hydrogen) atoms. The van der Waals surface area contributed by atoms with Crippen molar-refractivity contribution in [2.24, 2.45) is 0 Å². The van der Waals surface area contributed by atoms with E-state index in [2.05, 4.69) is 15.3 Å². The number of benzene rings is 2. The third-order valence-corrected chi connectivity index (χ3v) is 4.12. The molecule has 0 bridgehead atoms. The summed E-state index contributed by atoms with van der Waals surface area (Å²) in [6.45, 7) is 0. The fourth-order valence-electron chi connectivity index (χ4n) is 2.78. The number of anilines is 2. The lowest BCUT2D eigenvalue weighted by Crippen LogP contribution is -2.01. The first-order chi connectivity index (χ1) is 13.2. The molecule has 6 nitrogen and oxygen atoms in total. The first-order valence-electron chi connectivity index (χ1n) is 8.19. The number of imidazole rings is 1. The molecule has 134 valence electrons. The number of ether oxygens (including phenoxy) is 1. The SMILES string of the molecule is COC(=O)c1ccc(Nc2c(-c3ccc(F)cc3)nc3cnccn23)cc1. The first kappa shape index (κ1) is 16.7. The van der Waals surface area contributed by atoms with Crippen LogP contribution in [-0.4, -0.2) is 27.4 Å². The van der Waals surface area contributed by atoms with Gasteiger partial charge in [-0.2, -0.15) is 0 Å². The average Bonchev–Trinajstić information content (AvgIpc) is 3.07. The highest BCUT2D eigenvalue weighted by molar-refractivity contribution is 5.90. The molecule has 2 heterocycles. The van der Waals surface area contributed by atoms with Gasteiger partial charge in [0.15, 0.2) is 5.65 Å². The molecule has 0 saturated heterocycles. The second-order valence-electron chi connectivity index (χ2n) is 5.81. The van der Waals surface area contributed by atoms with Gasteiger partial charge in [0.1, 0.15) is 17.3 Å². The van der Waals surface area contributed by atoms with Crippen LogP contribution in [0.25, 0.3) is 16.9 Å². The van der Waals surface area contributed by atoms with Crippen LogP contribution < -0.4 is 5.32 Å². The molecule has 4 rings (SSSR count). The minimum atomic E-state index is -0.394. The standard InChI is InChI=1S/C20H15FN4O2/c1-27-20(26)14-4-8-16(9-5-14)23-19-18(13-2-6-15(21)7-3-13)24-17-12-22-10-11-25(17)19/h2-12,23H,1H3. The number of esters is 1. The minimum absolute atomic E-state index is 0.308. The molecule has 0 aliphatic heterocycles. The van der Waals surface area contributed by atoms with Gasteiger partial charge in [-0.25, -0.2) is 14.2 Å². The van der Waals surface area contributed by atoms with E-state index in [1.807, 2.05) is 4.40 Å². The normalized spacial score (nSPS) is 10.7. The van der Waals surface area contributed by atoms with Crippen LogP contribution in [0.3, 0.4) is 0 Å². The lowest BCUT2D eigenvalue weighted by molar-refractivity contribution is 0.0601. The topological polar surface area (TPSA) is 68.5 Å². The van der Waals surface area contributed by atoms with Crippen molar-refractivity contribution in [3.05, 3.63) is 78.5 Å². The molecule has 7 heteroatoms. The number of nitrogens with one attached hydrogen (secondary N) is 1. The van der Waals surface area contributed by atoms with Crippen LogP contribution in [0, 0.1) is 5.82 Å². The fraction of sp³-hybridized carbons (Fsp3) is 0.0500. The van der Waals surface area contributed by atoms with Gasteiger partial charge in [0.25, 0.3) is 0 Å². The second kappa shape index (κ2) is 6.87. The molecule has 0 saturated carbocycles.